The van der Waals surface area contributed by atoms with Gasteiger partial charge in [-0.05, 0) is 35.9 Å². The Bertz CT molecular complexity index is 1000. The van der Waals surface area contributed by atoms with Gasteiger partial charge in [-0.1, -0.05) is 12.1 Å². The van der Waals surface area contributed by atoms with Crippen molar-refractivity contribution in [3.05, 3.63) is 53.6 Å². The number of rotatable bonds is 6. The van der Waals surface area contributed by atoms with Crippen LogP contribution in [0, 0.1) is 0 Å². The monoisotopic (exact) mass is 389 g/mol. The van der Waals surface area contributed by atoms with E-state index in [0.717, 1.165) is 0 Å². The van der Waals surface area contributed by atoms with Crippen molar-refractivity contribution in [2.75, 3.05) is 27.4 Å². The summed E-state index contributed by atoms with van der Waals surface area (Å²) in [4.78, 5) is 0.129. The maximum atomic E-state index is 12.2. The van der Waals surface area contributed by atoms with Gasteiger partial charge in [-0.3, -0.25) is 0 Å². The second kappa shape index (κ2) is 7.77. The molecule has 0 bridgehead atoms. The van der Waals surface area contributed by atoms with Crippen LogP contribution in [0.15, 0.2) is 56.9 Å². The van der Waals surface area contributed by atoms with Crippen molar-refractivity contribution in [2.45, 2.75) is 4.90 Å². The van der Waals surface area contributed by atoms with E-state index in [1.807, 2.05) is 0 Å². The molecule has 142 valence electrons. The largest absolute Gasteiger partial charge is 0.493 e. The molecule has 8 nitrogen and oxygen atoms in total. The van der Waals surface area contributed by atoms with Crippen LogP contribution in [0.5, 0.6) is 11.5 Å². The van der Waals surface area contributed by atoms with Gasteiger partial charge in [0.2, 0.25) is 0 Å². The Hall–Kier alpha value is -2.91. The molecule has 0 spiro atoms. The van der Waals surface area contributed by atoms with E-state index in [1.165, 1.54) is 24.4 Å². The highest BCUT2D eigenvalue weighted by Gasteiger charge is 2.31. The summed E-state index contributed by atoms with van der Waals surface area (Å²) >= 11 is 0. The first-order valence-electron chi connectivity index (χ1n) is 8.09. The number of aliphatic hydroxyl groups excluding tert-OH is 1. The molecule has 0 fully saturated rings. The van der Waals surface area contributed by atoms with Crippen molar-refractivity contribution in [1.82, 2.24) is 5.01 Å². The third-order valence-electron chi connectivity index (χ3n) is 3.92. The minimum absolute atomic E-state index is 0.0898. The zero-order valence-corrected chi connectivity index (χ0v) is 15.7. The van der Waals surface area contributed by atoms with Crippen LogP contribution in [-0.4, -0.2) is 58.0 Å². The summed E-state index contributed by atoms with van der Waals surface area (Å²) in [5.74, 6) is 1.31. The van der Waals surface area contributed by atoms with E-state index in [9.17, 15) is 13.5 Å². The summed E-state index contributed by atoms with van der Waals surface area (Å²) in [6, 6.07) is 11.8. The van der Waals surface area contributed by atoms with Gasteiger partial charge in [-0.15, -0.1) is 4.40 Å². The molecule has 9 heteroatoms. The molecule has 0 unspecified atom stereocenters. The number of aliphatic hydroxyl groups is 1. The molecule has 1 aliphatic rings. The van der Waals surface area contributed by atoms with Gasteiger partial charge in [0.1, 0.15) is 4.90 Å². The van der Waals surface area contributed by atoms with Gasteiger partial charge < -0.3 is 14.6 Å². The summed E-state index contributed by atoms with van der Waals surface area (Å²) < 4.78 is 38.8. The van der Waals surface area contributed by atoms with Gasteiger partial charge >= 0.3 is 0 Å². The van der Waals surface area contributed by atoms with E-state index in [-0.39, 0.29) is 23.9 Å². The van der Waals surface area contributed by atoms with Crippen LogP contribution in [0.1, 0.15) is 11.1 Å². The maximum Gasteiger partial charge on any atom is 0.285 e. The number of ether oxygens (including phenoxy) is 2. The van der Waals surface area contributed by atoms with E-state index in [0.29, 0.717) is 22.6 Å². The molecule has 2 aromatic rings. The fraction of sp³-hybridized carbons (Fsp3) is 0.222. The molecule has 0 atom stereocenters. The van der Waals surface area contributed by atoms with E-state index in [4.69, 9.17) is 9.47 Å². The number of hydrogen-bond acceptors (Lipinski definition) is 7. The zero-order valence-electron chi connectivity index (χ0n) is 14.9. The first-order chi connectivity index (χ1) is 13.0. The molecule has 1 N–H and O–H groups in total. The van der Waals surface area contributed by atoms with Crippen LogP contribution in [0.4, 0.5) is 0 Å². The minimum Gasteiger partial charge on any atom is -0.493 e. The lowest BCUT2D eigenvalue weighted by molar-refractivity contribution is 0.254. The average Bonchev–Trinajstić information content (AvgIpc) is 2.96. The Morgan fingerprint density at radius 2 is 1.89 bits per heavy atom. The lowest BCUT2D eigenvalue weighted by Crippen LogP contribution is -2.28. The van der Waals surface area contributed by atoms with Crippen molar-refractivity contribution in [3.63, 3.8) is 0 Å². The van der Waals surface area contributed by atoms with Crippen molar-refractivity contribution < 1.29 is 23.0 Å². The van der Waals surface area contributed by atoms with Gasteiger partial charge in [-0.2, -0.15) is 13.5 Å². The van der Waals surface area contributed by atoms with Crippen LogP contribution in [0.2, 0.25) is 0 Å². The molecule has 2 aromatic carbocycles. The fourth-order valence-corrected chi connectivity index (χ4v) is 3.86. The second-order valence-electron chi connectivity index (χ2n) is 5.59. The molecular formula is C18H19N3O5S. The summed E-state index contributed by atoms with van der Waals surface area (Å²) in [5, 5.41) is 15.0. The van der Waals surface area contributed by atoms with E-state index >= 15 is 0 Å². The topological polar surface area (TPSA) is 101 Å². The van der Waals surface area contributed by atoms with E-state index < -0.39 is 10.0 Å². The SMILES string of the molecule is COc1ccc(/C=N/N(CCO)C2=NS(=O)(=O)c3ccccc32)cc1OC. The Morgan fingerprint density at radius 3 is 2.59 bits per heavy atom. The lowest BCUT2D eigenvalue weighted by atomic mass is 10.2. The van der Waals surface area contributed by atoms with Crippen LogP contribution in [-0.2, 0) is 10.0 Å². The molecule has 3 rings (SSSR count). The van der Waals surface area contributed by atoms with Gasteiger partial charge in [0, 0.05) is 5.56 Å². The highest BCUT2D eigenvalue weighted by molar-refractivity contribution is 7.90. The van der Waals surface area contributed by atoms with Crippen molar-refractivity contribution in [1.29, 1.82) is 0 Å². The number of methoxy groups -OCH3 is 2. The zero-order chi connectivity index (χ0) is 19.4. The molecule has 0 aromatic heterocycles. The highest BCUT2D eigenvalue weighted by atomic mass is 32.2. The maximum absolute atomic E-state index is 12.2. The standard InChI is InChI=1S/C18H19N3O5S/c1-25-15-8-7-13(11-16(15)26-2)12-19-21(9-10-22)18-14-5-3-4-6-17(14)27(23,24)20-18/h3-8,11-12,22H,9-10H2,1-2H3/b19-12+. The number of sulfonamides is 1. The van der Waals surface area contributed by atoms with Gasteiger partial charge in [0.15, 0.2) is 17.3 Å². The predicted molar refractivity (Wildman–Crippen MR) is 101 cm³/mol. The fourth-order valence-electron chi connectivity index (χ4n) is 2.66. The minimum atomic E-state index is -3.77. The number of nitrogens with zero attached hydrogens (tertiary/aromatic N) is 3. The molecule has 1 heterocycles. The Labute approximate surface area is 157 Å². The van der Waals surface area contributed by atoms with Crippen molar-refractivity contribution in [3.8, 4) is 11.5 Å². The number of hydrogen-bond donors (Lipinski definition) is 1. The summed E-state index contributed by atoms with van der Waals surface area (Å²) in [6.07, 6.45) is 1.54. The van der Waals surface area contributed by atoms with Crippen LogP contribution in [0.3, 0.4) is 0 Å². The molecule has 27 heavy (non-hydrogen) atoms. The van der Waals surface area contributed by atoms with Crippen LogP contribution < -0.4 is 9.47 Å². The molecule has 0 amide bonds. The molecule has 0 radical (unpaired) electrons. The number of amidine groups is 1. The third kappa shape index (κ3) is 3.79. The highest BCUT2D eigenvalue weighted by Crippen LogP contribution is 2.28. The van der Waals surface area contributed by atoms with Gasteiger partial charge in [-0.25, -0.2) is 5.01 Å². The van der Waals surface area contributed by atoms with Crippen LogP contribution >= 0.6 is 0 Å². The normalized spacial score (nSPS) is 14.7. The second-order valence-corrected chi connectivity index (χ2v) is 7.16. The first kappa shape index (κ1) is 18.9. The molecule has 1 aliphatic heterocycles. The predicted octanol–water partition coefficient (Wildman–Crippen LogP) is 1.48. The Balaban J connectivity index is 1.95. The smallest absolute Gasteiger partial charge is 0.285 e. The number of fused-ring (bicyclic) bond motifs is 1. The number of benzene rings is 2. The Kier molecular flexibility index (Phi) is 5.43. The molecular weight excluding hydrogens is 370 g/mol. The van der Waals surface area contributed by atoms with E-state index in [2.05, 4.69) is 9.50 Å². The van der Waals surface area contributed by atoms with Crippen LogP contribution in [0.25, 0.3) is 0 Å². The van der Waals surface area contributed by atoms with E-state index in [1.54, 1.807) is 43.5 Å². The van der Waals surface area contributed by atoms with Crippen molar-refractivity contribution >= 4 is 22.1 Å². The third-order valence-corrected chi connectivity index (χ3v) is 5.25. The summed E-state index contributed by atoms with van der Waals surface area (Å²) in [7, 11) is -0.687. The molecule has 0 saturated carbocycles. The quantitative estimate of drug-likeness (QED) is 0.593. The summed E-state index contributed by atoms with van der Waals surface area (Å²) in [6.45, 7) is -0.128. The summed E-state index contributed by atoms with van der Waals surface area (Å²) in [5.41, 5.74) is 1.17. The molecule has 0 aliphatic carbocycles. The number of hydrazone groups is 1. The van der Waals surface area contributed by atoms with Gasteiger partial charge in [0.05, 0.1) is 33.6 Å². The average molecular weight is 389 g/mol. The molecule has 0 saturated heterocycles. The van der Waals surface area contributed by atoms with Crippen molar-refractivity contribution in [2.24, 2.45) is 9.50 Å². The Morgan fingerprint density at radius 1 is 1.15 bits per heavy atom. The first-order valence-corrected chi connectivity index (χ1v) is 9.53. The lowest BCUT2D eigenvalue weighted by Gasteiger charge is -2.17. The van der Waals surface area contributed by atoms with Gasteiger partial charge in [0.25, 0.3) is 10.0 Å².